The molecule has 0 spiro atoms. The highest BCUT2D eigenvalue weighted by atomic mass is 16.3. The highest BCUT2D eigenvalue weighted by Gasteiger charge is 1.92. The van der Waals surface area contributed by atoms with Crippen LogP contribution in [0.4, 0.5) is 0 Å². The van der Waals surface area contributed by atoms with E-state index < -0.39 is 0 Å². The fourth-order valence-electron chi connectivity index (χ4n) is 1.29. The molecule has 1 aromatic carbocycles. The number of hydrogen-bond donors (Lipinski definition) is 3. The van der Waals surface area contributed by atoms with Crippen molar-refractivity contribution >= 4 is 10.9 Å². The first-order chi connectivity index (χ1) is 7.27. The molecule has 82 valence electrons. The predicted molar refractivity (Wildman–Crippen MR) is 64.2 cm³/mol. The lowest BCUT2D eigenvalue weighted by molar-refractivity contribution is 0.476. The van der Waals surface area contributed by atoms with Gasteiger partial charge in [0, 0.05) is 17.8 Å². The molecule has 0 aliphatic heterocycles. The second-order valence-electron chi connectivity index (χ2n) is 3.35. The Balaban J connectivity index is 0.000000195. The van der Waals surface area contributed by atoms with Gasteiger partial charge in [-0.05, 0) is 43.6 Å². The topological polar surface area (TPSA) is 48.0 Å². The van der Waals surface area contributed by atoms with Crippen LogP contribution >= 0.6 is 0 Å². The molecular weight excluding hydrogens is 188 g/mol. The number of fused-ring (bicyclic) bond motifs is 1. The van der Waals surface area contributed by atoms with Crippen LogP contribution in [0.5, 0.6) is 5.75 Å². The van der Waals surface area contributed by atoms with Gasteiger partial charge in [0.25, 0.3) is 0 Å². The van der Waals surface area contributed by atoms with Crippen molar-refractivity contribution in [2.45, 2.75) is 13.3 Å². The van der Waals surface area contributed by atoms with E-state index in [1.54, 1.807) is 12.1 Å². The zero-order chi connectivity index (χ0) is 11.1. The SMILES string of the molecule is CCCNC.Oc1ccc2cc[nH]c2c1. The molecule has 0 unspecified atom stereocenters. The maximum Gasteiger partial charge on any atom is 0.117 e. The number of phenolic OH excluding ortho intramolecular Hbond substituents is 1. The van der Waals surface area contributed by atoms with Gasteiger partial charge in [-0.1, -0.05) is 6.92 Å². The molecule has 0 aliphatic rings. The molecule has 0 aliphatic carbocycles. The summed E-state index contributed by atoms with van der Waals surface area (Å²) in [5, 5.41) is 13.2. The molecule has 0 atom stereocenters. The molecule has 2 rings (SSSR count). The third-order valence-corrected chi connectivity index (χ3v) is 2.04. The summed E-state index contributed by atoms with van der Waals surface area (Å²) in [4.78, 5) is 3.00. The summed E-state index contributed by atoms with van der Waals surface area (Å²) in [6, 6.07) is 7.22. The van der Waals surface area contributed by atoms with E-state index in [1.807, 2.05) is 25.4 Å². The summed E-state index contributed by atoms with van der Waals surface area (Å²) in [5.74, 6) is 0.301. The van der Waals surface area contributed by atoms with Crippen LogP contribution in [0.15, 0.2) is 30.5 Å². The number of H-pyrrole nitrogens is 1. The van der Waals surface area contributed by atoms with Gasteiger partial charge in [0.15, 0.2) is 0 Å². The Kier molecular flexibility index (Phi) is 4.71. The van der Waals surface area contributed by atoms with E-state index in [9.17, 15) is 0 Å². The van der Waals surface area contributed by atoms with E-state index in [1.165, 1.54) is 6.42 Å². The molecular formula is C12H18N2O. The molecule has 0 amide bonds. The highest BCUT2D eigenvalue weighted by molar-refractivity contribution is 5.80. The number of rotatable bonds is 2. The lowest BCUT2D eigenvalue weighted by Crippen LogP contribution is -2.04. The summed E-state index contributed by atoms with van der Waals surface area (Å²) < 4.78 is 0. The van der Waals surface area contributed by atoms with Crippen molar-refractivity contribution in [3.63, 3.8) is 0 Å². The molecule has 1 aromatic heterocycles. The van der Waals surface area contributed by atoms with Gasteiger partial charge in [0.05, 0.1) is 0 Å². The Morgan fingerprint density at radius 3 is 2.73 bits per heavy atom. The number of aromatic hydroxyl groups is 1. The molecule has 15 heavy (non-hydrogen) atoms. The number of aromatic amines is 1. The van der Waals surface area contributed by atoms with E-state index in [4.69, 9.17) is 5.11 Å². The number of aromatic nitrogens is 1. The van der Waals surface area contributed by atoms with Crippen molar-refractivity contribution in [3.05, 3.63) is 30.5 Å². The van der Waals surface area contributed by atoms with E-state index in [-0.39, 0.29) is 0 Å². The van der Waals surface area contributed by atoms with Crippen LogP contribution in [-0.2, 0) is 0 Å². The Bertz CT molecular complexity index is 393. The van der Waals surface area contributed by atoms with Crippen molar-refractivity contribution in [2.75, 3.05) is 13.6 Å². The van der Waals surface area contributed by atoms with Crippen LogP contribution in [0, 0.1) is 0 Å². The van der Waals surface area contributed by atoms with Crippen molar-refractivity contribution < 1.29 is 5.11 Å². The maximum atomic E-state index is 9.03. The van der Waals surface area contributed by atoms with Crippen LogP contribution in [0.2, 0.25) is 0 Å². The molecule has 3 N–H and O–H groups in total. The van der Waals surface area contributed by atoms with Crippen molar-refractivity contribution in [1.82, 2.24) is 10.3 Å². The summed E-state index contributed by atoms with van der Waals surface area (Å²) >= 11 is 0. The van der Waals surface area contributed by atoms with Crippen LogP contribution in [-0.4, -0.2) is 23.7 Å². The van der Waals surface area contributed by atoms with Crippen LogP contribution in [0.1, 0.15) is 13.3 Å². The Hall–Kier alpha value is -1.48. The smallest absolute Gasteiger partial charge is 0.117 e. The maximum absolute atomic E-state index is 9.03. The lowest BCUT2D eigenvalue weighted by Gasteiger charge is -1.89. The number of benzene rings is 1. The largest absolute Gasteiger partial charge is 0.508 e. The first-order valence-corrected chi connectivity index (χ1v) is 5.18. The second-order valence-corrected chi connectivity index (χ2v) is 3.35. The van der Waals surface area contributed by atoms with Gasteiger partial charge < -0.3 is 15.4 Å². The van der Waals surface area contributed by atoms with E-state index in [2.05, 4.69) is 17.2 Å². The lowest BCUT2D eigenvalue weighted by atomic mass is 10.2. The van der Waals surface area contributed by atoms with Crippen molar-refractivity contribution in [3.8, 4) is 5.75 Å². The van der Waals surface area contributed by atoms with Gasteiger partial charge in [0.2, 0.25) is 0 Å². The monoisotopic (exact) mass is 206 g/mol. The van der Waals surface area contributed by atoms with Gasteiger partial charge in [-0.25, -0.2) is 0 Å². The fraction of sp³-hybridized carbons (Fsp3) is 0.333. The third-order valence-electron chi connectivity index (χ3n) is 2.04. The van der Waals surface area contributed by atoms with Gasteiger partial charge in [-0.2, -0.15) is 0 Å². The molecule has 0 saturated carbocycles. The molecule has 0 fully saturated rings. The molecule has 0 radical (unpaired) electrons. The first kappa shape index (κ1) is 11.6. The molecule has 0 saturated heterocycles. The van der Waals surface area contributed by atoms with Gasteiger partial charge in [0.1, 0.15) is 5.75 Å². The van der Waals surface area contributed by atoms with Crippen molar-refractivity contribution in [2.24, 2.45) is 0 Å². The quantitative estimate of drug-likeness (QED) is 0.707. The Labute approximate surface area is 90.1 Å². The Morgan fingerprint density at radius 2 is 2.13 bits per heavy atom. The number of phenols is 1. The third kappa shape index (κ3) is 3.64. The molecule has 1 heterocycles. The summed E-state index contributed by atoms with van der Waals surface area (Å²) in [6.07, 6.45) is 3.08. The van der Waals surface area contributed by atoms with Crippen LogP contribution < -0.4 is 5.32 Å². The molecule has 3 heteroatoms. The van der Waals surface area contributed by atoms with E-state index in [0.717, 1.165) is 17.4 Å². The minimum Gasteiger partial charge on any atom is -0.508 e. The fourth-order valence-corrected chi connectivity index (χ4v) is 1.29. The average Bonchev–Trinajstić information content (AvgIpc) is 2.67. The molecule has 3 nitrogen and oxygen atoms in total. The normalized spacial score (nSPS) is 9.73. The average molecular weight is 206 g/mol. The highest BCUT2D eigenvalue weighted by Crippen LogP contribution is 2.17. The van der Waals surface area contributed by atoms with Crippen LogP contribution in [0.25, 0.3) is 10.9 Å². The molecule has 0 bridgehead atoms. The second kappa shape index (κ2) is 6.09. The van der Waals surface area contributed by atoms with E-state index in [0.29, 0.717) is 5.75 Å². The van der Waals surface area contributed by atoms with Crippen LogP contribution in [0.3, 0.4) is 0 Å². The number of nitrogens with one attached hydrogen (secondary N) is 2. The van der Waals surface area contributed by atoms with Gasteiger partial charge >= 0.3 is 0 Å². The predicted octanol–water partition coefficient (Wildman–Crippen LogP) is 2.49. The van der Waals surface area contributed by atoms with Gasteiger partial charge in [-0.15, -0.1) is 0 Å². The van der Waals surface area contributed by atoms with E-state index >= 15 is 0 Å². The molecule has 2 aromatic rings. The zero-order valence-electron chi connectivity index (χ0n) is 9.25. The summed E-state index contributed by atoms with van der Waals surface area (Å²) in [7, 11) is 1.96. The Morgan fingerprint density at radius 1 is 1.33 bits per heavy atom. The standard InChI is InChI=1S/C8H7NO.C4H11N/c10-7-2-1-6-3-4-9-8(6)5-7;1-3-4-5-2/h1-5,9-10H;5H,3-4H2,1-2H3. The minimum absolute atomic E-state index is 0.301. The summed E-state index contributed by atoms with van der Waals surface area (Å²) in [5.41, 5.74) is 0.972. The zero-order valence-corrected chi connectivity index (χ0v) is 9.25. The van der Waals surface area contributed by atoms with Gasteiger partial charge in [-0.3, -0.25) is 0 Å². The minimum atomic E-state index is 0.301. The number of hydrogen-bond acceptors (Lipinski definition) is 2. The first-order valence-electron chi connectivity index (χ1n) is 5.18. The summed E-state index contributed by atoms with van der Waals surface area (Å²) in [6.45, 7) is 3.29. The van der Waals surface area contributed by atoms with Crippen molar-refractivity contribution in [1.29, 1.82) is 0 Å².